The second-order valence-electron chi connectivity index (χ2n) is 6.44. The van der Waals surface area contributed by atoms with E-state index in [0.717, 1.165) is 16.8 Å². The van der Waals surface area contributed by atoms with Crippen LogP contribution >= 0.6 is 11.6 Å². The molecule has 4 nitrogen and oxygen atoms in total. The molecule has 2 amide bonds. The highest BCUT2D eigenvalue weighted by molar-refractivity contribution is 6.31. The molecule has 1 aliphatic heterocycles. The fourth-order valence-corrected chi connectivity index (χ4v) is 3.41. The Morgan fingerprint density at radius 3 is 2.52 bits per heavy atom. The first-order chi connectivity index (χ1) is 12.0. The summed E-state index contributed by atoms with van der Waals surface area (Å²) in [5, 5.41) is 13.3. The molecule has 0 unspecified atom stereocenters. The molecule has 0 aliphatic carbocycles. The van der Waals surface area contributed by atoms with Gasteiger partial charge in [-0.3, -0.25) is 0 Å². The molecule has 1 N–H and O–H groups in total. The molecular formula is C20H20ClN3O. The minimum atomic E-state index is -0.510. The lowest BCUT2D eigenvalue weighted by atomic mass is 9.74. The highest BCUT2D eigenvalue weighted by Gasteiger charge is 2.37. The number of nitrogens with zero attached hydrogens (tertiary/aromatic N) is 2. The summed E-state index contributed by atoms with van der Waals surface area (Å²) in [7, 11) is 0. The maximum atomic E-state index is 12.6. The van der Waals surface area contributed by atoms with Crippen molar-refractivity contribution in [2.24, 2.45) is 0 Å². The molecule has 0 aromatic heterocycles. The number of hydrogen-bond donors (Lipinski definition) is 1. The zero-order valence-corrected chi connectivity index (χ0v) is 14.9. The molecule has 3 rings (SSSR count). The largest absolute Gasteiger partial charge is 0.324 e. The van der Waals surface area contributed by atoms with E-state index in [1.165, 1.54) is 0 Å². The van der Waals surface area contributed by atoms with E-state index in [2.05, 4.69) is 11.4 Å². The Labute approximate surface area is 153 Å². The van der Waals surface area contributed by atoms with Crippen molar-refractivity contribution in [3.05, 3.63) is 64.7 Å². The number of hydrogen-bond acceptors (Lipinski definition) is 2. The third-order valence-corrected chi connectivity index (χ3v) is 5.12. The predicted octanol–water partition coefficient (Wildman–Crippen LogP) is 4.74. The summed E-state index contributed by atoms with van der Waals surface area (Å²) in [6, 6.07) is 17.6. The van der Waals surface area contributed by atoms with E-state index in [0.29, 0.717) is 31.0 Å². The third-order valence-electron chi connectivity index (χ3n) is 4.89. The first-order valence-electron chi connectivity index (χ1n) is 8.33. The van der Waals surface area contributed by atoms with Crippen LogP contribution < -0.4 is 5.32 Å². The first kappa shape index (κ1) is 17.3. The number of likely N-dealkylation sites (tertiary alicyclic amines) is 1. The van der Waals surface area contributed by atoms with Crippen LogP contribution in [0.3, 0.4) is 0 Å². The van der Waals surface area contributed by atoms with Gasteiger partial charge in [-0.2, -0.15) is 5.26 Å². The van der Waals surface area contributed by atoms with Crippen molar-refractivity contribution >= 4 is 23.3 Å². The molecular weight excluding hydrogens is 334 g/mol. The van der Waals surface area contributed by atoms with Gasteiger partial charge >= 0.3 is 6.03 Å². The smallest absolute Gasteiger partial charge is 0.321 e. The van der Waals surface area contributed by atoms with Crippen molar-refractivity contribution in [2.75, 3.05) is 18.4 Å². The number of piperidine rings is 1. The van der Waals surface area contributed by atoms with Gasteiger partial charge in [0.15, 0.2) is 0 Å². The molecule has 0 radical (unpaired) electrons. The summed E-state index contributed by atoms with van der Waals surface area (Å²) in [6.07, 6.45) is 1.27. The molecule has 0 saturated carbocycles. The van der Waals surface area contributed by atoms with Crippen LogP contribution in [0.2, 0.25) is 5.02 Å². The van der Waals surface area contributed by atoms with Crippen LogP contribution in [0.4, 0.5) is 10.5 Å². The standard InChI is InChI=1S/C20H20ClN3O/c1-15-7-8-17(21)13-18(15)23-19(25)24-11-9-20(14-22,10-12-24)16-5-3-2-4-6-16/h2-8,13H,9-12H2,1H3,(H,23,25). The van der Waals surface area contributed by atoms with Crippen LogP contribution in [-0.4, -0.2) is 24.0 Å². The molecule has 5 heteroatoms. The highest BCUT2D eigenvalue weighted by atomic mass is 35.5. The van der Waals surface area contributed by atoms with Gasteiger partial charge in [0.2, 0.25) is 0 Å². The van der Waals surface area contributed by atoms with Gasteiger partial charge in [0.25, 0.3) is 0 Å². The van der Waals surface area contributed by atoms with E-state index >= 15 is 0 Å². The van der Waals surface area contributed by atoms with Crippen molar-refractivity contribution in [3.8, 4) is 6.07 Å². The quantitative estimate of drug-likeness (QED) is 0.847. The van der Waals surface area contributed by atoms with E-state index in [4.69, 9.17) is 11.6 Å². The van der Waals surface area contributed by atoms with Crippen molar-refractivity contribution in [1.29, 1.82) is 5.26 Å². The van der Waals surface area contributed by atoms with Crippen LogP contribution in [0.5, 0.6) is 0 Å². The van der Waals surface area contributed by atoms with Gasteiger partial charge in [-0.25, -0.2) is 4.79 Å². The molecule has 0 bridgehead atoms. The highest BCUT2D eigenvalue weighted by Crippen LogP contribution is 2.35. The fraction of sp³-hybridized carbons (Fsp3) is 0.300. The lowest BCUT2D eigenvalue weighted by Crippen LogP contribution is -2.46. The molecule has 0 atom stereocenters. The second kappa shape index (κ2) is 7.16. The predicted molar refractivity (Wildman–Crippen MR) is 99.7 cm³/mol. The maximum Gasteiger partial charge on any atom is 0.321 e. The summed E-state index contributed by atoms with van der Waals surface area (Å²) in [5.41, 5.74) is 2.20. The Kier molecular flexibility index (Phi) is 4.96. The Balaban J connectivity index is 1.68. The number of urea groups is 1. The van der Waals surface area contributed by atoms with E-state index in [1.807, 2.05) is 43.3 Å². The number of anilines is 1. The summed E-state index contributed by atoms with van der Waals surface area (Å²) in [4.78, 5) is 14.3. The topological polar surface area (TPSA) is 56.1 Å². The Hall–Kier alpha value is -2.51. The number of nitriles is 1. The Bertz CT molecular complexity index is 805. The normalized spacial score (nSPS) is 16.1. The summed E-state index contributed by atoms with van der Waals surface area (Å²) >= 11 is 6.01. The Morgan fingerprint density at radius 2 is 1.88 bits per heavy atom. The van der Waals surface area contributed by atoms with E-state index in [1.54, 1.807) is 17.0 Å². The number of amides is 2. The molecule has 1 fully saturated rings. The SMILES string of the molecule is Cc1ccc(Cl)cc1NC(=O)N1CCC(C#N)(c2ccccc2)CC1. The number of aryl methyl sites for hydroxylation is 1. The van der Waals surface area contributed by atoms with Crippen LogP contribution in [-0.2, 0) is 5.41 Å². The second-order valence-corrected chi connectivity index (χ2v) is 6.87. The van der Waals surface area contributed by atoms with E-state index < -0.39 is 5.41 Å². The average Bonchev–Trinajstić information content (AvgIpc) is 2.65. The lowest BCUT2D eigenvalue weighted by Gasteiger charge is -2.37. The minimum Gasteiger partial charge on any atom is -0.324 e. The third kappa shape index (κ3) is 3.62. The van der Waals surface area contributed by atoms with Gasteiger partial charge in [0.1, 0.15) is 0 Å². The number of rotatable bonds is 2. The summed E-state index contributed by atoms with van der Waals surface area (Å²) < 4.78 is 0. The molecule has 1 heterocycles. The monoisotopic (exact) mass is 353 g/mol. The number of halogens is 1. The number of benzene rings is 2. The maximum absolute atomic E-state index is 12.6. The fourth-order valence-electron chi connectivity index (χ4n) is 3.24. The van der Waals surface area contributed by atoms with Gasteiger partial charge in [-0.05, 0) is 43.0 Å². The number of nitrogens with one attached hydrogen (secondary N) is 1. The Morgan fingerprint density at radius 1 is 1.20 bits per heavy atom. The summed E-state index contributed by atoms with van der Waals surface area (Å²) in [5.74, 6) is 0. The van der Waals surface area contributed by atoms with Crippen LogP contribution in [0.15, 0.2) is 48.5 Å². The molecule has 1 saturated heterocycles. The number of carbonyl (C=O) groups is 1. The lowest BCUT2D eigenvalue weighted by molar-refractivity contribution is 0.183. The molecule has 0 spiro atoms. The van der Waals surface area contributed by atoms with E-state index in [9.17, 15) is 10.1 Å². The van der Waals surface area contributed by atoms with Crippen molar-refractivity contribution in [1.82, 2.24) is 4.90 Å². The molecule has 128 valence electrons. The van der Waals surface area contributed by atoms with E-state index in [-0.39, 0.29) is 6.03 Å². The average molecular weight is 354 g/mol. The first-order valence-corrected chi connectivity index (χ1v) is 8.71. The number of carbonyl (C=O) groups excluding carboxylic acids is 1. The zero-order valence-electron chi connectivity index (χ0n) is 14.1. The van der Waals surface area contributed by atoms with Crippen LogP contribution in [0.1, 0.15) is 24.0 Å². The van der Waals surface area contributed by atoms with Crippen LogP contribution in [0, 0.1) is 18.3 Å². The molecule has 2 aromatic carbocycles. The van der Waals surface area contributed by atoms with Gasteiger partial charge < -0.3 is 10.2 Å². The van der Waals surface area contributed by atoms with Gasteiger partial charge in [0, 0.05) is 23.8 Å². The van der Waals surface area contributed by atoms with Crippen LogP contribution in [0.25, 0.3) is 0 Å². The molecule has 25 heavy (non-hydrogen) atoms. The van der Waals surface area contributed by atoms with Crippen molar-refractivity contribution in [3.63, 3.8) is 0 Å². The van der Waals surface area contributed by atoms with Crippen molar-refractivity contribution < 1.29 is 4.79 Å². The van der Waals surface area contributed by atoms with Gasteiger partial charge in [-0.15, -0.1) is 0 Å². The zero-order chi connectivity index (χ0) is 17.9. The molecule has 2 aromatic rings. The summed E-state index contributed by atoms with van der Waals surface area (Å²) in [6.45, 7) is 3.03. The minimum absolute atomic E-state index is 0.148. The molecule has 1 aliphatic rings. The van der Waals surface area contributed by atoms with Crippen molar-refractivity contribution in [2.45, 2.75) is 25.2 Å². The van der Waals surface area contributed by atoms with Gasteiger partial charge in [-0.1, -0.05) is 48.0 Å². The van der Waals surface area contributed by atoms with Gasteiger partial charge in [0.05, 0.1) is 11.5 Å².